The quantitative estimate of drug-likeness (QED) is 0.777. The summed E-state index contributed by atoms with van der Waals surface area (Å²) in [6, 6.07) is 0.223. The lowest BCUT2D eigenvalue weighted by Gasteiger charge is -2.31. The molecule has 140 valence electrons. The fourth-order valence-corrected chi connectivity index (χ4v) is 4.05. The summed E-state index contributed by atoms with van der Waals surface area (Å²) >= 11 is 0. The lowest BCUT2D eigenvalue weighted by molar-refractivity contribution is -0.135. The summed E-state index contributed by atoms with van der Waals surface area (Å²) in [7, 11) is 0. The van der Waals surface area contributed by atoms with E-state index in [1.165, 1.54) is 0 Å². The highest BCUT2D eigenvalue weighted by Gasteiger charge is 2.41. The first-order valence-electron chi connectivity index (χ1n) is 9.29. The van der Waals surface area contributed by atoms with Crippen LogP contribution in [0.5, 0.6) is 5.88 Å². The molecule has 0 aromatic carbocycles. The number of carbonyl (C=O) groups excluding carboxylic acids is 2. The molecule has 4 heterocycles. The van der Waals surface area contributed by atoms with Crippen molar-refractivity contribution in [2.75, 3.05) is 32.8 Å². The van der Waals surface area contributed by atoms with Crippen molar-refractivity contribution >= 4 is 11.8 Å². The van der Waals surface area contributed by atoms with Crippen molar-refractivity contribution in [3.05, 3.63) is 18.6 Å². The Kier molecular flexibility index (Phi) is 5.01. The second-order valence-electron chi connectivity index (χ2n) is 7.15. The first-order chi connectivity index (χ1) is 12.7. The van der Waals surface area contributed by atoms with Gasteiger partial charge >= 0.3 is 0 Å². The minimum absolute atomic E-state index is 0.0677. The Hall–Kier alpha value is -2.22. The molecule has 26 heavy (non-hydrogen) atoms. The van der Waals surface area contributed by atoms with Crippen LogP contribution < -0.4 is 4.74 Å². The highest BCUT2D eigenvalue weighted by atomic mass is 16.5. The predicted octanol–water partition coefficient (Wildman–Crippen LogP) is 0.484. The van der Waals surface area contributed by atoms with Crippen molar-refractivity contribution in [1.29, 1.82) is 0 Å². The number of hydrogen-bond acceptors (Lipinski definition) is 6. The van der Waals surface area contributed by atoms with Gasteiger partial charge in [0.1, 0.15) is 6.10 Å². The Balaban J connectivity index is 1.31. The molecule has 8 nitrogen and oxygen atoms in total. The second-order valence-corrected chi connectivity index (χ2v) is 7.15. The minimum Gasteiger partial charge on any atom is -0.471 e. The van der Waals surface area contributed by atoms with E-state index >= 15 is 0 Å². The molecule has 1 aromatic rings. The van der Waals surface area contributed by atoms with Crippen LogP contribution in [0.2, 0.25) is 0 Å². The Bertz CT molecular complexity index is 650. The molecule has 3 fully saturated rings. The van der Waals surface area contributed by atoms with Crippen molar-refractivity contribution in [2.24, 2.45) is 5.92 Å². The normalized spacial score (nSPS) is 27.2. The van der Waals surface area contributed by atoms with E-state index in [1.54, 1.807) is 18.6 Å². The molecule has 0 spiro atoms. The van der Waals surface area contributed by atoms with Crippen LogP contribution >= 0.6 is 0 Å². The predicted molar refractivity (Wildman–Crippen MR) is 91.3 cm³/mol. The zero-order valence-electron chi connectivity index (χ0n) is 14.7. The number of ether oxygens (including phenoxy) is 2. The van der Waals surface area contributed by atoms with Crippen LogP contribution in [-0.4, -0.2) is 76.6 Å². The Morgan fingerprint density at radius 2 is 2.04 bits per heavy atom. The zero-order chi connectivity index (χ0) is 17.9. The number of hydrogen-bond donors (Lipinski definition) is 0. The van der Waals surface area contributed by atoms with Crippen molar-refractivity contribution in [2.45, 2.75) is 37.8 Å². The van der Waals surface area contributed by atoms with Gasteiger partial charge in [0.05, 0.1) is 18.7 Å². The summed E-state index contributed by atoms with van der Waals surface area (Å²) in [5, 5.41) is 0. The van der Waals surface area contributed by atoms with E-state index in [9.17, 15) is 9.59 Å². The number of nitrogens with zero attached hydrogens (tertiary/aromatic N) is 4. The van der Waals surface area contributed by atoms with Gasteiger partial charge in [-0.3, -0.25) is 14.6 Å². The summed E-state index contributed by atoms with van der Waals surface area (Å²) in [6.45, 7) is 3.12. The Morgan fingerprint density at radius 3 is 2.81 bits per heavy atom. The summed E-state index contributed by atoms with van der Waals surface area (Å²) in [4.78, 5) is 37.1. The summed E-state index contributed by atoms with van der Waals surface area (Å²) < 4.78 is 11.2. The van der Waals surface area contributed by atoms with Gasteiger partial charge in [-0.15, -0.1) is 0 Å². The number of carbonyl (C=O) groups is 2. The first-order valence-corrected chi connectivity index (χ1v) is 9.29. The van der Waals surface area contributed by atoms with Crippen molar-refractivity contribution in [1.82, 2.24) is 19.8 Å². The molecule has 4 rings (SSSR count). The third kappa shape index (κ3) is 3.65. The number of amides is 2. The van der Waals surface area contributed by atoms with Crippen LogP contribution in [0, 0.1) is 5.92 Å². The molecular formula is C18H24N4O4. The van der Waals surface area contributed by atoms with Gasteiger partial charge < -0.3 is 19.3 Å². The molecule has 2 amide bonds. The molecular weight excluding hydrogens is 336 g/mol. The van der Waals surface area contributed by atoms with Crippen LogP contribution in [0.3, 0.4) is 0 Å². The van der Waals surface area contributed by atoms with E-state index in [0.717, 1.165) is 19.3 Å². The standard InChI is InChI=1S/C18H24N4O4/c23-17-9-13(11-22(17)14-2-7-25-8-3-14)18(24)21-6-1-15(12-21)26-16-10-19-4-5-20-16/h4-5,10,13-15H,1-3,6-9,11-12H2/t13-,15+/m1/s1. The lowest BCUT2D eigenvalue weighted by Crippen LogP contribution is -2.42. The third-order valence-electron chi connectivity index (χ3n) is 5.42. The van der Waals surface area contributed by atoms with E-state index in [0.29, 0.717) is 45.1 Å². The van der Waals surface area contributed by atoms with Crippen molar-refractivity contribution in [3.63, 3.8) is 0 Å². The van der Waals surface area contributed by atoms with Crippen molar-refractivity contribution in [3.8, 4) is 5.88 Å². The summed E-state index contributed by atoms with van der Waals surface area (Å²) in [6.07, 6.45) is 7.51. The Labute approximate surface area is 152 Å². The van der Waals surface area contributed by atoms with Crippen LogP contribution in [0.15, 0.2) is 18.6 Å². The zero-order valence-corrected chi connectivity index (χ0v) is 14.7. The monoisotopic (exact) mass is 360 g/mol. The molecule has 1 aromatic heterocycles. The molecule has 0 aliphatic carbocycles. The van der Waals surface area contributed by atoms with Crippen LogP contribution in [0.4, 0.5) is 0 Å². The summed E-state index contributed by atoms with van der Waals surface area (Å²) in [5.74, 6) is 0.411. The van der Waals surface area contributed by atoms with Gasteiger partial charge in [0.2, 0.25) is 17.7 Å². The summed E-state index contributed by atoms with van der Waals surface area (Å²) in [5.41, 5.74) is 0. The average molecular weight is 360 g/mol. The maximum atomic E-state index is 12.9. The molecule has 0 unspecified atom stereocenters. The topological polar surface area (TPSA) is 84.9 Å². The Morgan fingerprint density at radius 1 is 1.19 bits per heavy atom. The van der Waals surface area contributed by atoms with Gasteiger partial charge in [-0.25, -0.2) is 4.98 Å². The molecule has 8 heteroatoms. The first kappa shape index (κ1) is 17.2. The smallest absolute Gasteiger partial charge is 0.232 e. The minimum atomic E-state index is -0.236. The lowest BCUT2D eigenvalue weighted by atomic mass is 10.1. The van der Waals surface area contributed by atoms with E-state index in [2.05, 4.69) is 9.97 Å². The number of rotatable bonds is 4. The molecule has 3 aliphatic rings. The van der Waals surface area contributed by atoms with Gasteiger partial charge in [-0.2, -0.15) is 0 Å². The van der Waals surface area contributed by atoms with Crippen LogP contribution in [-0.2, 0) is 14.3 Å². The highest BCUT2D eigenvalue weighted by molar-refractivity contribution is 5.89. The number of likely N-dealkylation sites (tertiary alicyclic amines) is 2. The molecule has 3 saturated heterocycles. The maximum Gasteiger partial charge on any atom is 0.232 e. The van der Waals surface area contributed by atoms with Crippen molar-refractivity contribution < 1.29 is 19.1 Å². The number of aromatic nitrogens is 2. The van der Waals surface area contributed by atoms with Gasteiger partial charge in [0.25, 0.3) is 0 Å². The van der Waals surface area contributed by atoms with E-state index < -0.39 is 0 Å². The SMILES string of the molecule is O=C([C@@H]1CC(=O)N(C2CCOCC2)C1)N1CC[C@H](Oc2cnccn2)C1. The third-order valence-corrected chi connectivity index (χ3v) is 5.42. The maximum absolute atomic E-state index is 12.9. The molecule has 0 N–H and O–H groups in total. The van der Waals surface area contributed by atoms with E-state index in [-0.39, 0.29) is 29.9 Å². The molecule has 0 radical (unpaired) electrons. The molecule has 2 atom stereocenters. The molecule has 3 aliphatic heterocycles. The largest absolute Gasteiger partial charge is 0.471 e. The fourth-order valence-electron chi connectivity index (χ4n) is 4.05. The molecule has 0 bridgehead atoms. The van der Waals surface area contributed by atoms with E-state index in [4.69, 9.17) is 9.47 Å². The van der Waals surface area contributed by atoms with Crippen LogP contribution in [0.1, 0.15) is 25.7 Å². The molecule has 0 saturated carbocycles. The van der Waals surface area contributed by atoms with Gasteiger partial charge in [0.15, 0.2) is 0 Å². The average Bonchev–Trinajstić information content (AvgIpc) is 3.29. The van der Waals surface area contributed by atoms with Gasteiger partial charge in [-0.1, -0.05) is 0 Å². The fraction of sp³-hybridized carbons (Fsp3) is 0.667. The van der Waals surface area contributed by atoms with Gasteiger partial charge in [0, 0.05) is 57.6 Å². The van der Waals surface area contributed by atoms with E-state index in [1.807, 2.05) is 9.80 Å². The van der Waals surface area contributed by atoms with Crippen LogP contribution in [0.25, 0.3) is 0 Å². The van der Waals surface area contributed by atoms with Gasteiger partial charge in [-0.05, 0) is 12.8 Å². The highest BCUT2D eigenvalue weighted by Crippen LogP contribution is 2.27. The second kappa shape index (κ2) is 7.57.